The summed E-state index contributed by atoms with van der Waals surface area (Å²) in [6, 6.07) is 0. The van der Waals surface area contributed by atoms with Crippen LogP contribution < -0.4 is 0 Å². The summed E-state index contributed by atoms with van der Waals surface area (Å²) >= 11 is 9.95. The number of esters is 2. The van der Waals surface area contributed by atoms with E-state index in [9.17, 15) is 19.2 Å². The van der Waals surface area contributed by atoms with Crippen LogP contribution in [0.4, 0.5) is 0 Å². The maximum Gasteiger partial charge on any atom is 0.330 e. The van der Waals surface area contributed by atoms with Gasteiger partial charge in [-0.05, 0) is 23.2 Å². The van der Waals surface area contributed by atoms with E-state index in [4.69, 9.17) is 27.9 Å². The molecular weight excluding hydrogens is 327 g/mol. The predicted octanol–water partition coefficient (Wildman–Crippen LogP) is 0.733. The molecular formula is C12H12Cl2O7. The molecule has 0 rings (SSSR count). The largest absolute Gasteiger partial charge is 0.460 e. The van der Waals surface area contributed by atoms with Gasteiger partial charge in [0.1, 0.15) is 13.2 Å². The molecule has 0 bridgehead atoms. The van der Waals surface area contributed by atoms with Crippen LogP contribution in [0.25, 0.3) is 0 Å². The van der Waals surface area contributed by atoms with Crippen LogP contribution >= 0.6 is 23.2 Å². The lowest BCUT2D eigenvalue weighted by Crippen LogP contribution is -2.13. The predicted molar refractivity (Wildman–Crippen MR) is 72.7 cm³/mol. The number of carbonyl (C=O) groups is 4. The first kappa shape index (κ1) is 19.3. The molecule has 0 aromatic carbocycles. The van der Waals surface area contributed by atoms with E-state index in [1.165, 1.54) is 0 Å². The van der Waals surface area contributed by atoms with Crippen molar-refractivity contribution in [1.82, 2.24) is 0 Å². The highest BCUT2D eigenvalue weighted by atomic mass is 35.5. The number of carbonyl (C=O) groups excluding carboxylic acids is 4. The van der Waals surface area contributed by atoms with Gasteiger partial charge in [-0.2, -0.15) is 0 Å². The molecule has 0 aliphatic rings. The maximum atomic E-state index is 11.0. The summed E-state index contributed by atoms with van der Waals surface area (Å²) in [7, 11) is 0. The van der Waals surface area contributed by atoms with E-state index in [-0.39, 0.29) is 26.4 Å². The third-order valence-electron chi connectivity index (χ3n) is 1.64. The first-order valence-corrected chi connectivity index (χ1v) is 6.33. The number of ether oxygens (including phenoxy) is 3. The van der Waals surface area contributed by atoms with Crippen LogP contribution in [0.5, 0.6) is 0 Å². The Balaban J connectivity index is 3.52. The minimum absolute atomic E-state index is 0.0335. The summed E-state index contributed by atoms with van der Waals surface area (Å²) in [6.45, 7) is 0.104. The Labute approximate surface area is 130 Å². The first-order chi connectivity index (χ1) is 9.91. The zero-order valence-electron chi connectivity index (χ0n) is 10.8. The van der Waals surface area contributed by atoms with Crippen LogP contribution in [0.15, 0.2) is 24.3 Å². The van der Waals surface area contributed by atoms with E-state index in [1.807, 2.05) is 0 Å². The Hall–Kier alpha value is -1.70. The second kappa shape index (κ2) is 12.1. The van der Waals surface area contributed by atoms with E-state index < -0.39 is 22.4 Å². The Morgan fingerprint density at radius 3 is 1.38 bits per heavy atom. The lowest BCUT2D eigenvalue weighted by atomic mass is 10.5. The molecule has 0 fully saturated rings. The van der Waals surface area contributed by atoms with Gasteiger partial charge in [0.15, 0.2) is 0 Å². The molecule has 0 aliphatic heterocycles. The van der Waals surface area contributed by atoms with Crippen molar-refractivity contribution in [2.45, 2.75) is 0 Å². The Kier molecular flexibility index (Phi) is 11.1. The third-order valence-corrected chi connectivity index (χ3v) is 1.90. The Bertz CT molecular complexity index is 403. The van der Waals surface area contributed by atoms with Crippen molar-refractivity contribution >= 4 is 45.6 Å². The molecule has 7 nitrogen and oxygen atoms in total. The fourth-order valence-electron chi connectivity index (χ4n) is 0.868. The van der Waals surface area contributed by atoms with Crippen LogP contribution in [0.3, 0.4) is 0 Å². The van der Waals surface area contributed by atoms with Gasteiger partial charge in [-0.25, -0.2) is 9.59 Å². The smallest absolute Gasteiger partial charge is 0.330 e. The van der Waals surface area contributed by atoms with Gasteiger partial charge < -0.3 is 14.2 Å². The van der Waals surface area contributed by atoms with E-state index in [1.54, 1.807) is 0 Å². The van der Waals surface area contributed by atoms with Crippen molar-refractivity contribution in [3.05, 3.63) is 24.3 Å². The van der Waals surface area contributed by atoms with Crippen molar-refractivity contribution in [2.24, 2.45) is 0 Å². The van der Waals surface area contributed by atoms with E-state index in [2.05, 4.69) is 9.47 Å². The Morgan fingerprint density at radius 1 is 0.667 bits per heavy atom. The van der Waals surface area contributed by atoms with Crippen molar-refractivity contribution < 1.29 is 33.4 Å². The average Bonchev–Trinajstić information content (AvgIpc) is 2.41. The first-order valence-electron chi connectivity index (χ1n) is 5.58. The molecule has 0 saturated heterocycles. The number of allylic oxidation sites excluding steroid dienone is 2. The quantitative estimate of drug-likeness (QED) is 0.251. The van der Waals surface area contributed by atoms with E-state index in [0.29, 0.717) is 0 Å². The number of rotatable bonds is 10. The highest BCUT2D eigenvalue weighted by Gasteiger charge is 2.00. The maximum absolute atomic E-state index is 11.0. The lowest BCUT2D eigenvalue weighted by molar-refractivity contribution is -0.141. The number of hydrogen-bond acceptors (Lipinski definition) is 7. The molecule has 0 atom stereocenters. The summed E-state index contributed by atoms with van der Waals surface area (Å²) in [4.78, 5) is 42.5. The molecule has 0 amide bonds. The normalized spacial score (nSPS) is 10.8. The molecule has 0 N–H and O–H groups in total. The van der Waals surface area contributed by atoms with Crippen LogP contribution in [-0.2, 0) is 33.4 Å². The Morgan fingerprint density at radius 2 is 1.05 bits per heavy atom. The highest BCUT2D eigenvalue weighted by Crippen LogP contribution is 1.89. The van der Waals surface area contributed by atoms with Gasteiger partial charge in [0.25, 0.3) is 0 Å². The van der Waals surface area contributed by atoms with Crippen molar-refractivity contribution in [2.75, 3.05) is 26.4 Å². The second-order valence-electron chi connectivity index (χ2n) is 3.22. The summed E-state index contributed by atoms with van der Waals surface area (Å²) in [5.74, 6) is -1.45. The third kappa shape index (κ3) is 14.5. The highest BCUT2D eigenvalue weighted by molar-refractivity contribution is 6.66. The topological polar surface area (TPSA) is 96.0 Å². The van der Waals surface area contributed by atoms with Gasteiger partial charge in [0.2, 0.25) is 10.5 Å². The van der Waals surface area contributed by atoms with E-state index >= 15 is 0 Å². The molecule has 0 aromatic rings. The number of halogens is 2. The molecule has 0 unspecified atom stereocenters. The molecule has 0 aliphatic carbocycles. The molecule has 9 heteroatoms. The van der Waals surface area contributed by atoms with Gasteiger partial charge in [0, 0.05) is 24.3 Å². The number of hydrogen-bond donors (Lipinski definition) is 0. The molecule has 0 radical (unpaired) electrons. The molecule has 0 saturated carbocycles. The zero-order chi connectivity index (χ0) is 16.1. The second-order valence-corrected chi connectivity index (χ2v) is 3.97. The van der Waals surface area contributed by atoms with Crippen LogP contribution in [0.1, 0.15) is 0 Å². The monoisotopic (exact) mass is 338 g/mol. The fraction of sp³-hybridized carbons (Fsp3) is 0.333. The van der Waals surface area contributed by atoms with Gasteiger partial charge in [-0.3, -0.25) is 9.59 Å². The zero-order valence-corrected chi connectivity index (χ0v) is 12.3. The van der Waals surface area contributed by atoms with Crippen LogP contribution in [0.2, 0.25) is 0 Å². The summed E-state index contributed by atoms with van der Waals surface area (Å²) in [5.41, 5.74) is 0. The van der Waals surface area contributed by atoms with Gasteiger partial charge in [-0.1, -0.05) is 0 Å². The minimum Gasteiger partial charge on any atom is -0.460 e. The minimum atomic E-state index is -0.782. The molecule has 116 valence electrons. The molecule has 0 heterocycles. The fourth-order valence-corrected chi connectivity index (χ4v) is 0.994. The van der Waals surface area contributed by atoms with Gasteiger partial charge in [0.05, 0.1) is 13.2 Å². The standard InChI is InChI=1S/C12H12Cl2O7/c13-9(15)1-3-11(17)20-7-5-19-6-8-21-12(18)4-2-10(14)16/h1-4H,5-8H2. The summed E-state index contributed by atoms with van der Waals surface area (Å²) < 4.78 is 14.3. The van der Waals surface area contributed by atoms with Gasteiger partial charge in [-0.15, -0.1) is 0 Å². The lowest BCUT2D eigenvalue weighted by Gasteiger charge is -2.04. The van der Waals surface area contributed by atoms with Gasteiger partial charge >= 0.3 is 11.9 Å². The molecule has 21 heavy (non-hydrogen) atoms. The van der Waals surface area contributed by atoms with Crippen LogP contribution in [0, 0.1) is 0 Å². The van der Waals surface area contributed by atoms with E-state index in [0.717, 1.165) is 24.3 Å². The van der Waals surface area contributed by atoms with Crippen molar-refractivity contribution in [1.29, 1.82) is 0 Å². The summed E-state index contributed by atoms with van der Waals surface area (Å²) in [6.07, 6.45) is 3.51. The van der Waals surface area contributed by atoms with Crippen molar-refractivity contribution in [3.63, 3.8) is 0 Å². The van der Waals surface area contributed by atoms with Crippen LogP contribution in [-0.4, -0.2) is 48.9 Å². The molecule has 0 spiro atoms. The SMILES string of the molecule is O=C(Cl)C=CC(=O)OCCOCCOC(=O)C=CC(=O)Cl. The summed E-state index contributed by atoms with van der Waals surface area (Å²) in [5, 5.41) is -1.56. The average molecular weight is 339 g/mol. The molecule has 0 aromatic heterocycles. The van der Waals surface area contributed by atoms with Crippen molar-refractivity contribution in [3.8, 4) is 0 Å².